The largest absolute Gasteiger partial charge is 0.331 e. The number of rotatable bonds is 6. The first kappa shape index (κ1) is 23.3. The van der Waals surface area contributed by atoms with E-state index in [-0.39, 0.29) is 28.9 Å². The summed E-state index contributed by atoms with van der Waals surface area (Å²) in [4.78, 5) is 14.8. The lowest BCUT2D eigenvalue weighted by Crippen LogP contribution is -2.39. The topological polar surface area (TPSA) is 54.5 Å². The van der Waals surface area contributed by atoms with Crippen LogP contribution in [0.15, 0.2) is 54.6 Å². The van der Waals surface area contributed by atoms with Gasteiger partial charge in [-0.1, -0.05) is 76.2 Å². The van der Waals surface area contributed by atoms with E-state index in [1.807, 2.05) is 30.3 Å². The highest BCUT2D eigenvalue weighted by molar-refractivity contribution is 7.91. The first-order chi connectivity index (χ1) is 14.6. The zero-order chi connectivity index (χ0) is 22.6. The van der Waals surface area contributed by atoms with Gasteiger partial charge in [0, 0.05) is 18.7 Å². The second-order valence-corrected chi connectivity index (χ2v) is 11.6. The Kier molecular flexibility index (Phi) is 7.05. The van der Waals surface area contributed by atoms with Crippen molar-refractivity contribution >= 4 is 21.8 Å². The molecule has 0 bridgehead atoms. The van der Waals surface area contributed by atoms with E-state index in [9.17, 15) is 13.2 Å². The molecule has 166 valence electrons. The Morgan fingerprint density at radius 2 is 1.65 bits per heavy atom. The van der Waals surface area contributed by atoms with Crippen molar-refractivity contribution in [1.82, 2.24) is 4.90 Å². The van der Waals surface area contributed by atoms with Gasteiger partial charge in [0.15, 0.2) is 9.84 Å². The molecule has 0 radical (unpaired) electrons. The highest BCUT2D eigenvalue weighted by atomic mass is 32.2. The van der Waals surface area contributed by atoms with Gasteiger partial charge in [-0.2, -0.15) is 0 Å². The number of hydrogen-bond donors (Lipinski definition) is 0. The molecular formula is C26H33NO3S. The van der Waals surface area contributed by atoms with Crippen molar-refractivity contribution in [3.63, 3.8) is 0 Å². The van der Waals surface area contributed by atoms with E-state index in [4.69, 9.17) is 0 Å². The number of aryl methyl sites for hydroxylation is 1. The summed E-state index contributed by atoms with van der Waals surface area (Å²) >= 11 is 0. The zero-order valence-electron chi connectivity index (χ0n) is 19.0. The fraction of sp³-hybridized carbons (Fsp3) is 0.423. The number of nitrogens with zero attached hydrogens (tertiary/aromatic N) is 1. The first-order valence-corrected chi connectivity index (χ1v) is 12.8. The first-order valence-electron chi connectivity index (χ1n) is 10.9. The maximum atomic E-state index is 13.1. The summed E-state index contributed by atoms with van der Waals surface area (Å²) < 4.78 is 24.1. The third-order valence-corrected chi connectivity index (χ3v) is 7.66. The van der Waals surface area contributed by atoms with E-state index in [1.165, 1.54) is 11.1 Å². The molecule has 5 heteroatoms. The van der Waals surface area contributed by atoms with Crippen LogP contribution in [0.1, 0.15) is 56.4 Å². The molecule has 4 nitrogen and oxygen atoms in total. The van der Waals surface area contributed by atoms with Gasteiger partial charge in [-0.25, -0.2) is 8.42 Å². The predicted octanol–water partition coefficient (Wildman–Crippen LogP) is 4.78. The third kappa shape index (κ3) is 6.30. The Bertz CT molecular complexity index is 1030. The molecule has 1 fully saturated rings. The van der Waals surface area contributed by atoms with E-state index >= 15 is 0 Å². The van der Waals surface area contributed by atoms with Crippen molar-refractivity contribution < 1.29 is 13.2 Å². The van der Waals surface area contributed by atoms with Gasteiger partial charge in [-0.3, -0.25) is 4.79 Å². The Hall–Kier alpha value is -2.40. The maximum Gasteiger partial charge on any atom is 0.247 e. The molecule has 31 heavy (non-hydrogen) atoms. The molecule has 1 amide bonds. The summed E-state index contributed by atoms with van der Waals surface area (Å²) in [6.07, 6.45) is 4.83. The average Bonchev–Trinajstić information content (AvgIpc) is 3.09. The zero-order valence-corrected chi connectivity index (χ0v) is 19.8. The molecule has 3 rings (SSSR count). The van der Waals surface area contributed by atoms with Gasteiger partial charge in [-0.15, -0.1) is 0 Å². The number of carbonyl (C=O) groups is 1. The molecule has 0 aliphatic carbocycles. The van der Waals surface area contributed by atoms with Gasteiger partial charge in [-0.05, 0) is 46.6 Å². The molecule has 1 atom stereocenters. The van der Waals surface area contributed by atoms with Crippen LogP contribution < -0.4 is 0 Å². The van der Waals surface area contributed by atoms with Crippen molar-refractivity contribution in [3.05, 3.63) is 76.9 Å². The monoisotopic (exact) mass is 439 g/mol. The van der Waals surface area contributed by atoms with Crippen LogP contribution in [0.5, 0.6) is 0 Å². The van der Waals surface area contributed by atoms with Crippen LogP contribution >= 0.6 is 0 Å². The normalized spacial score (nSPS) is 18.4. The Morgan fingerprint density at radius 1 is 1.03 bits per heavy atom. The Balaban J connectivity index is 1.78. The van der Waals surface area contributed by atoms with Crippen LogP contribution in [0.25, 0.3) is 6.08 Å². The average molecular weight is 440 g/mol. The van der Waals surface area contributed by atoms with Gasteiger partial charge in [0.05, 0.1) is 11.5 Å². The number of sulfone groups is 1. The molecule has 1 unspecified atom stereocenters. The summed E-state index contributed by atoms with van der Waals surface area (Å²) in [6, 6.07) is 16.1. The molecule has 1 aliphatic heterocycles. The van der Waals surface area contributed by atoms with Crippen molar-refractivity contribution in [3.8, 4) is 0 Å². The molecule has 0 spiro atoms. The number of carbonyl (C=O) groups excluding carboxylic acids is 1. The minimum Gasteiger partial charge on any atom is -0.331 e. The number of hydrogen-bond acceptors (Lipinski definition) is 3. The van der Waals surface area contributed by atoms with E-state index in [2.05, 4.69) is 52.0 Å². The number of amides is 1. The van der Waals surface area contributed by atoms with E-state index in [0.717, 1.165) is 17.5 Å². The Labute approximate surface area is 186 Å². The fourth-order valence-corrected chi connectivity index (χ4v) is 5.57. The van der Waals surface area contributed by atoms with Crippen LogP contribution in [0.4, 0.5) is 0 Å². The molecule has 0 aromatic heterocycles. The van der Waals surface area contributed by atoms with Gasteiger partial charge < -0.3 is 4.90 Å². The smallest absolute Gasteiger partial charge is 0.247 e. The quantitative estimate of drug-likeness (QED) is 0.609. The van der Waals surface area contributed by atoms with E-state index in [0.29, 0.717) is 13.0 Å². The van der Waals surface area contributed by atoms with Crippen LogP contribution in [-0.2, 0) is 33.0 Å². The molecule has 2 aromatic rings. The van der Waals surface area contributed by atoms with Crippen LogP contribution in [-0.4, -0.2) is 36.8 Å². The van der Waals surface area contributed by atoms with Gasteiger partial charge in [0.1, 0.15) is 0 Å². The molecule has 1 aliphatic rings. The molecule has 1 heterocycles. The van der Waals surface area contributed by atoms with Crippen molar-refractivity contribution in [2.24, 2.45) is 0 Å². The summed E-state index contributed by atoms with van der Waals surface area (Å²) in [5, 5.41) is 0. The highest BCUT2D eigenvalue weighted by Gasteiger charge is 2.34. The standard InChI is InChI=1S/C26H33NO3S/c1-5-20-6-8-22(9-7-20)18-27(24-16-17-31(29,30)19-24)25(28)15-12-21-10-13-23(14-11-21)26(2,3)4/h6-15,24H,5,16-19H2,1-4H3/b15-12+. The van der Waals surface area contributed by atoms with E-state index < -0.39 is 9.84 Å². The third-order valence-electron chi connectivity index (χ3n) is 5.91. The molecule has 0 N–H and O–H groups in total. The van der Waals surface area contributed by atoms with E-state index in [1.54, 1.807) is 11.0 Å². The van der Waals surface area contributed by atoms with Crippen molar-refractivity contribution in [2.75, 3.05) is 11.5 Å². The molecule has 1 saturated heterocycles. The second kappa shape index (κ2) is 9.39. The number of benzene rings is 2. The van der Waals surface area contributed by atoms with Crippen LogP contribution in [0.3, 0.4) is 0 Å². The van der Waals surface area contributed by atoms with Crippen molar-refractivity contribution in [1.29, 1.82) is 0 Å². The van der Waals surface area contributed by atoms with Crippen LogP contribution in [0.2, 0.25) is 0 Å². The lowest BCUT2D eigenvalue weighted by molar-refractivity contribution is -0.128. The highest BCUT2D eigenvalue weighted by Crippen LogP contribution is 2.23. The summed E-state index contributed by atoms with van der Waals surface area (Å²) in [5.41, 5.74) is 4.52. The second-order valence-electron chi connectivity index (χ2n) is 9.40. The van der Waals surface area contributed by atoms with Crippen molar-refractivity contribution in [2.45, 2.75) is 58.5 Å². The minimum absolute atomic E-state index is 0.0416. The van der Waals surface area contributed by atoms with Crippen LogP contribution in [0, 0.1) is 0 Å². The SMILES string of the molecule is CCc1ccc(CN(C(=O)/C=C/c2ccc(C(C)(C)C)cc2)C2CCS(=O)(=O)C2)cc1. The van der Waals surface area contributed by atoms with Gasteiger partial charge in [0.25, 0.3) is 0 Å². The molecular weight excluding hydrogens is 406 g/mol. The summed E-state index contributed by atoms with van der Waals surface area (Å²) in [7, 11) is -3.08. The summed E-state index contributed by atoms with van der Waals surface area (Å²) in [6.45, 7) is 9.02. The maximum absolute atomic E-state index is 13.1. The lowest BCUT2D eigenvalue weighted by Gasteiger charge is -2.27. The summed E-state index contributed by atoms with van der Waals surface area (Å²) in [5.74, 6) is 0.0373. The predicted molar refractivity (Wildman–Crippen MR) is 128 cm³/mol. The lowest BCUT2D eigenvalue weighted by atomic mass is 9.87. The Morgan fingerprint density at radius 3 is 2.16 bits per heavy atom. The fourth-order valence-electron chi connectivity index (χ4n) is 3.84. The molecule has 2 aromatic carbocycles. The van der Waals surface area contributed by atoms with Gasteiger partial charge in [0.2, 0.25) is 5.91 Å². The minimum atomic E-state index is -3.08. The van der Waals surface area contributed by atoms with Gasteiger partial charge >= 0.3 is 0 Å². The molecule has 0 saturated carbocycles.